The number of carbonyl (C=O) groups excluding carboxylic acids is 2. The average molecular weight is 220 g/mol. The average Bonchev–Trinajstić information content (AvgIpc) is 2.25. The van der Waals surface area contributed by atoms with Crippen LogP contribution in [0.1, 0.15) is 13.8 Å². The molecule has 0 N–H and O–H groups in total. The van der Waals surface area contributed by atoms with Crippen molar-refractivity contribution in [2.75, 3.05) is 13.6 Å². The van der Waals surface area contributed by atoms with Crippen LogP contribution in [0.2, 0.25) is 0 Å². The molecule has 6 nitrogen and oxygen atoms in total. The summed E-state index contributed by atoms with van der Waals surface area (Å²) in [7, 11) is -1.28. The first-order chi connectivity index (χ1) is 6.43. The molecule has 0 spiro atoms. The summed E-state index contributed by atoms with van der Waals surface area (Å²) in [6.45, 7) is 3.35. The highest BCUT2D eigenvalue weighted by atomic mass is 31.1. The first kappa shape index (κ1) is 11.2. The van der Waals surface area contributed by atoms with Crippen LogP contribution in [0, 0.1) is 0 Å². The lowest BCUT2D eigenvalue weighted by molar-refractivity contribution is -0.122. The van der Waals surface area contributed by atoms with Crippen LogP contribution in [0.15, 0.2) is 0 Å². The maximum Gasteiger partial charge on any atom is 0.334 e. The number of imide groups is 1. The van der Waals surface area contributed by atoms with Gasteiger partial charge in [-0.1, -0.05) is 0 Å². The third-order valence-corrected chi connectivity index (χ3v) is 3.14. The predicted molar refractivity (Wildman–Crippen MR) is 50.1 cm³/mol. The Labute approximate surface area is 82.7 Å². The van der Waals surface area contributed by atoms with Gasteiger partial charge in [0.15, 0.2) is 0 Å². The van der Waals surface area contributed by atoms with Crippen LogP contribution in [0.4, 0.5) is 4.79 Å². The molecule has 1 saturated heterocycles. The molecule has 1 rings (SSSR count). The SMILES string of the molecule is CC(C)O[PH](=O)N1C(=O)CN(C)C1=O. The van der Waals surface area contributed by atoms with Crippen molar-refractivity contribution in [3.63, 3.8) is 0 Å². The Balaban J connectivity index is 2.73. The molecule has 0 radical (unpaired) electrons. The maximum absolute atomic E-state index is 11.4. The topological polar surface area (TPSA) is 66.9 Å². The van der Waals surface area contributed by atoms with Gasteiger partial charge in [-0.3, -0.25) is 9.36 Å². The van der Waals surface area contributed by atoms with E-state index in [1.165, 1.54) is 11.9 Å². The minimum Gasteiger partial charge on any atom is -0.318 e. The van der Waals surface area contributed by atoms with Crippen molar-refractivity contribution in [2.24, 2.45) is 0 Å². The molecule has 0 aromatic carbocycles. The molecule has 0 saturated carbocycles. The van der Waals surface area contributed by atoms with Crippen LogP contribution in [0.5, 0.6) is 0 Å². The van der Waals surface area contributed by atoms with E-state index in [9.17, 15) is 14.2 Å². The second-order valence-electron chi connectivity index (χ2n) is 3.30. The van der Waals surface area contributed by atoms with Gasteiger partial charge >= 0.3 is 6.03 Å². The van der Waals surface area contributed by atoms with Crippen LogP contribution < -0.4 is 0 Å². The summed E-state index contributed by atoms with van der Waals surface area (Å²) in [5.74, 6) is -0.470. The van der Waals surface area contributed by atoms with Gasteiger partial charge in [-0.25, -0.2) is 4.79 Å². The highest BCUT2D eigenvalue weighted by Crippen LogP contribution is 2.33. The zero-order chi connectivity index (χ0) is 10.9. The standard InChI is InChI=1S/C7H13N2O4P/c1-5(2)13-14(12)9-6(10)4-8(3)7(9)11/h5,14H,4H2,1-3H3. The van der Waals surface area contributed by atoms with E-state index >= 15 is 0 Å². The molecule has 1 atom stereocenters. The third-order valence-electron chi connectivity index (χ3n) is 1.66. The molecule has 0 aliphatic carbocycles. The van der Waals surface area contributed by atoms with Crippen molar-refractivity contribution in [2.45, 2.75) is 20.0 Å². The Morgan fingerprint density at radius 3 is 2.36 bits per heavy atom. The number of rotatable bonds is 3. The molecule has 0 aromatic rings. The largest absolute Gasteiger partial charge is 0.334 e. The van der Waals surface area contributed by atoms with Gasteiger partial charge in [0.1, 0.15) is 6.54 Å². The first-order valence-corrected chi connectivity index (χ1v) is 5.48. The highest BCUT2D eigenvalue weighted by Gasteiger charge is 2.37. The molecule has 14 heavy (non-hydrogen) atoms. The number of carbonyl (C=O) groups is 2. The molecule has 0 aromatic heterocycles. The van der Waals surface area contributed by atoms with E-state index in [1.807, 2.05) is 0 Å². The number of hydrogen-bond acceptors (Lipinski definition) is 4. The number of hydrogen-bond donors (Lipinski definition) is 0. The van der Waals surface area contributed by atoms with Crippen molar-refractivity contribution >= 4 is 20.1 Å². The van der Waals surface area contributed by atoms with Crippen molar-refractivity contribution in [1.29, 1.82) is 0 Å². The van der Waals surface area contributed by atoms with Gasteiger partial charge in [0.25, 0.3) is 14.1 Å². The monoisotopic (exact) mass is 220 g/mol. The Morgan fingerprint density at radius 1 is 1.43 bits per heavy atom. The minimum atomic E-state index is -2.75. The fourth-order valence-electron chi connectivity index (χ4n) is 1.05. The zero-order valence-electron chi connectivity index (χ0n) is 8.31. The zero-order valence-corrected chi connectivity index (χ0v) is 9.31. The normalized spacial score (nSPS) is 19.7. The van der Waals surface area contributed by atoms with Gasteiger partial charge in [0.2, 0.25) is 0 Å². The van der Waals surface area contributed by atoms with Gasteiger partial charge < -0.3 is 9.42 Å². The second kappa shape index (κ2) is 4.11. The second-order valence-corrected chi connectivity index (χ2v) is 4.52. The summed E-state index contributed by atoms with van der Waals surface area (Å²) >= 11 is 0. The summed E-state index contributed by atoms with van der Waals surface area (Å²) in [4.78, 5) is 23.7. The number of nitrogens with zero attached hydrogens (tertiary/aromatic N) is 2. The van der Waals surface area contributed by atoms with Crippen LogP contribution in [-0.4, -0.2) is 41.2 Å². The Kier molecular flexibility index (Phi) is 3.29. The summed E-state index contributed by atoms with van der Waals surface area (Å²) < 4.78 is 17.1. The lowest BCUT2D eigenvalue weighted by Crippen LogP contribution is -2.26. The fourth-order valence-corrected chi connectivity index (χ4v) is 2.16. The number of likely N-dealkylation sites (N-methyl/N-ethyl adjacent to an activating group) is 1. The molecule has 1 heterocycles. The van der Waals surface area contributed by atoms with Crippen LogP contribution in [0.25, 0.3) is 0 Å². The summed E-state index contributed by atoms with van der Waals surface area (Å²) in [6, 6.07) is -0.556. The van der Waals surface area contributed by atoms with Crippen LogP contribution in [0.3, 0.4) is 0 Å². The molecule has 1 aliphatic heterocycles. The van der Waals surface area contributed by atoms with E-state index in [-0.39, 0.29) is 12.6 Å². The Bertz CT molecular complexity index is 291. The van der Waals surface area contributed by atoms with Gasteiger partial charge in [-0.15, -0.1) is 0 Å². The van der Waals surface area contributed by atoms with Gasteiger partial charge in [-0.05, 0) is 13.8 Å². The quantitative estimate of drug-likeness (QED) is 0.518. The van der Waals surface area contributed by atoms with Gasteiger partial charge in [0, 0.05) is 7.05 Å². The third kappa shape index (κ3) is 2.13. The molecule has 1 fully saturated rings. The molecular weight excluding hydrogens is 207 g/mol. The summed E-state index contributed by atoms with van der Waals surface area (Å²) in [5.41, 5.74) is 0. The van der Waals surface area contributed by atoms with Crippen LogP contribution in [-0.2, 0) is 13.9 Å². The maximum atomic E-state index is 11.4. The first-order valence-electron chi connectivity index (χ1n) is 4.22. The van der Waals surface area contributed by atoms with Crippen molar-refractivity contribution in [3.8, 4) is 0 Å². The fraction of sp³-hybridized carbons (Fsp3) is 0.714. The van der Waals surface area contributed by atoms with Gasteiger partial charge in [-0.2, -0.15) is 4.67 Å². The Hall–Kier alpha value is -0.870. The molecule has 80 valence electrons. The van der Waals surface area contributed by atoms with Crippen molar-refractivity contribution in [1.82, 2.24) is 9.57 Å². The number of amides is 3. The van der Waals surface area contributed by atoms with E-state index in [2.05, 4.69) is 0 Å². The van der Waals surface area contributed by atoms with Crippen molar-refractivity contribution in [3.05, 3.63) is 0 Å². The predicted octanol–water partition coefficient (Wildman–Crippen LogP) is 0.695. The Morgan fingerprint density at radius 2 is 2.00 bits per heavy atom. The number of urea groups is 1. The molecule has 0 bridgehead atoms. The summed E-state index contributed by atoms with van der Waals surface area (Å²) in [6.07, 6.45) is -0.270. The molecule has 3 amide bonds. The lowest BCUT2D eigenvalue weighted by atomic mass is 10.5. The minimum absolute atomic E-state index is 0.0311. The van der Waals surface area contributed by atoms with Gasteiger partial charge in [0.05, 0.1) is 6.10 Å². The molecular formula is C7H13N2O4P. The van der Waals surface area contributed by atoms with E-state index in [0.29, 0.717) is 4.67 Å². The van der Waals surface area contributed by atoms with E-state index in [4.69, 9.17) is 4.52 Å². The highest BCUT2D eigenvalue weighted by molar-refractivity contribution is 7.38. The lowest BCUT2D eigenvalue weighted by Gasteiger charge is -2.15. The van der Waals surface area contributed by atoms with Crippen LogP contribution >= 0.6 is 8.18 Å². The van der Waals surface area contributed by atoms with Crippen molar-refractivity contribution < 1.29 is 18.7 Å². The van der Waals surface area contributed by atoms with E-state index in [0.717, 1.165) is 0 Å². The smallest absolute Gasteiger partial charge is 0.318 e. The molecule has 1 unspecified atom stereocenters. The van der Waals surface area contributed by atoms with E-state index < -0.39 is 20.1 Å². The molecule has 7 heteroatoms. The van der Waals surface area contributed by atoms with E-state index in [1.54, 1.807) is 13.8 Å². The summed E-state index contributed by atoms with van der Waals surface area (Å²) in [5, 5.41) is 0. The molecule has 1 aliphatic rings.